The van der Waals surface area contributed by atoms with Crippen LogP contribution in [0, 0.1) is 0 Å². The van der Waals surface area contributed by atoms with Crippen molar-refractivity contribution in [1.82, 2.24) is 5.32 Å². The van der Waals surface area contributed by atoms with Gasteiger partial charge in [0.25, 0.3) is 0 Å². The summed E-state index contributed by atoms with van der Waals surface area (Å²) in [4.78, 5) is 0. The van der Waals surface area contributed by atoms with Crippen LogP contribution in [0.3, 0.4) is 0 Å². The molecule has 1 nitrogen and oxygen atoms in total. The maximum Gasteiger partial charge on any atom is 0.0246 e. The predicted octanol–water partition coefficient (Wildman–Crippen LogP) is 5.45. The summed E-state index contributed by atoms with van der Waals surface area (Å²) in [7, 11) is 0. The number of piperidine rings is 1. The minimum atomic E-state index is 0.729. The lowest BCUT2D eigenvalue weighted by atomic mass is 9.98. The largest absolute Gasteiger partial charge is 0.238 e. The summed E-state index contributed by atoms with van der Waals surface area (Å²) in [5, 5.41) is 4.71. The molecule has 1 rings (SSSR count). The second-order valence-electron chi connectivity index (χ2n) is 6.03. The summed E-state index contributed by atoms with van der Waals surface area (Å²) in [6.07, 6.45) is 20.0. The maximum absolute atomic E-state index is 4.71. The monoisotopic (exact) mass is 252 g/mol. The molecule has 1 aliphatic rings. The first-order valence-corrected chi connectivity index (χ1v) is 8.60. The zero-order valence-electron chi connectivity index (χ0n) is 12.6. The molecule has 0 aliphatic carbocycles. The minimum Gasteiger partial charge on any atom is -0.238 e. The highest BCUT2D eigenvalue weighted by Crippen LogP contribution is 2.16. The van der Waals surface area contributed by atoms with Crippen molar-refractivity contribution in [2.45, 2.75) is 103 Å². The number of rotatable bonds is 11. The minimum absolute atomic E-state index is 0.729. The summed E-state index contributed by atoms with van der Waals surface area (Å²) in [6.45, 7) is 3.43. The molecule has 1 aliphatic heterocycles. The highest BCUT2D eigenvalue weighted by molar-refractivity contribution is 4.71. The van der Waals surface area contributed by atoms with Gasteiger partial charge in [0.2, 0.25) is 0 Å². The summed E-state index contributed by atoms with van der Waals surface area (Å²) in [5.41, 5.74) is 0. The van der Waals surface area contributed by atoms with E-state index in [-0.39, 0.29) is 0 Å². The quantitative estimate of drug-likeness (QED) is 0.434. The van der Waals surface area contributed by atoms with Crippen LogP contribution in [0.25, 0.3) is 0 Å². The molecule has 107 valence electrons. The Kier molecular flexibility index (Phi) is 10.7. The standard InChI is InChI=1S/C17H34N/c1-2-3-4-5-6-7-8-9-10-11-14-17-15-12-13-16-18-17/h17H,2-16H2,1H3. The molecule has 1 heterocycles. The van der Waals surface area contributed by atoms with E-state index in [4.69, 9.17) is 5.32 Å². The Morgan fingerprint density at radius 1 is 0.778 bits per heavy atom. The molecule has 0 spiro atoms. The first-order valence-electron chi connectivity index (χ1n) is 8.60. The van der Waals surface area contributed by atoms with Gasteiger partial charge in [-0.3, -0.25) is 0 Å². The first-order chi connectivity index (χ1) is 8.93. The average molecular weight is 252 g/mol. The van der Waals surface area contributed by atoms with Gasteiger partial charge in [-0.2, -0.15) is 0 Å². The molecule has 1 saturated heterocycles. The maximum atomic E-state index is 4.71. The molecule has 0 amide bonds. The third-order valence-corrected chi connectivity index (χ3v) is 4.22. The Hall–Kier alpha value is -0.0400. The number of nitrogens with zero attached hydrogens (tertiary/aromatic N) is 1. The summed E-state index contributed by atoms with van der Waals surface area (Å²) < 4.78 is 0. The summed E-state index contributed by atoms with van der Waals surface area (Å²) in [5.74, 6) is 0. The van der Waals surface area contributed by atoms with Crippen LogP contribution in [0.2, 0.25) is 0 Å². The van der Waals surface area contributed by atoms with E-state index in [2.05, 4.69) is 6.92 Å². The molecular weight excluding hydrogens is 218 g/mol. The second-order valence-corrected chi connectivity index (χ2v) is 6.03. The fraction of sp³-hybridized carbons (Fsp3) is 1.00. The zero-order chi connectivity index (χ0) is 12.9. The van der Waals surface area contributed by atoms with E-state index in [0.717, 1.165) is 12.6 Å². The van der Waals surface area contributed by atoms with E-state index >= 15 is 0 Å². The molecule has 0 bridgehead atoms. The Labute approximate surface area is 115 Å². The molecule has 1 heteroatoms. The topological polar surface area (TPSA) is 14.1 Å². The Bertz CT molecular complexity index is 161. The van der Waals surface area contributed by atoms with Crippen molar-refractivity contribution >= 4 is 0 Å². The Balaban J connectivity index is 1.73. The van der Waals surface area contributed by atoms with Gasteiger partial charge in [0.1, 0.15) is 0 Å². The SMILES string of the molecule is CCCCCCCCCCCCC1CCCC[N]1. The van der Waals surface area contributed by atoms with Crippen molar-refractivity contribution in [2.24, 2.45) is 0 Å². The van der Waals surface area contributed by atoms with E-state index in [1.54, 1.807) is 0 Å². The highest BCUT2D eigenvalue weighted by Gasteiger charge is 2.12. The van der Waals surface area contributed by atoms with E-state index in [9.17, 15) is 0 Å². The lowest BCUT2D eigenvalue weighted by molar-refractivity contribution is 0.363. The zero-order valence-corrected chi connectivity index (χ0v) is 12.6. The van der Waals surface area contributed by atoms with Crippen molar-refractivity contribution in [3.05, 3.63) is 0 Å². The Morgan fingerprint density at radius 3 is 1.94 bits per heavy atom. The lowest BCUT2D eigenvalue weighted by Crippen LogP contribution is -2.27. The van der Waals surface area contributed by atoms with Crippen LogP contribution < -0.4 is 5.32 Å². The smallest absolute Gasteiger partial charge is 0.0246 e. The third kappa shape index (κ3) is 8.97. The predicted molar refractivity (Wildman–Crippen MR) is 81.1 cm³/mol. The van der Waals surface area contributed by atoms with Crippen LogP contribution in [0.4, 0.5) is 0 Å². The highest BCUT2D eigenvalue weighted by atomic mass is 14.9. The molecule has 0 saturated carbocycles. The normalized spacial score (nSPS) is 20.2. The van der Waals surface area contributed by atoms with Gasteiger partial charge in [-0.05, 0) is 19.3 Å². The van der Waals surface area contributed by atoms with Gasteiger partial charge >= 0.3 is 0 Å². The molecule has 1 unspecified atom stereocenters. The van der Waals surface area contributed by atoms with Crippen LogP contribution >= 0.6 is 0 Å². The fourth-order valence-electron chi connectivity index (χ4n) is 2.96. The van der Waals surface area contributed by atoms with Gasteiger partial charge in [0.15, 0.2) is 0 Å². The first kappa shape index (κ1) is 16.0. The van der Waals surface area contributed by atoms with E-state index in [1.807, 2.05) is 0 Å². The lowest BCUT2D eigenvalue weighted by Gasteiger charge is -2.21. The van der Waals surface area contributed by atoms with Gasteiger partial charge in [-0.15, -0.1) is 0 Å². The van der Waals surface area contributed by atoms with E-state index in [1.165, 1.54) is 89.9 Å². The fourth-order valence-corrected chi connectivity index (χ4v) is 2.96. The van der Waals surface area contributed by atoms with Gasteiger partial charge in [-0.1, -0.05) is 77.6 Å². The average Bonchev–Trinajstić information content (AvgIpc) is 2.42. The molecular formula is C17H34N. The summed E-state index contributed by atoms with van der Waals surface area (Å²) in [6, 6.07) is 0.729. The molecule has 0 aromatic heterocycles. The number of unbranched alkanes of at least 4 members (excludes halogenated alkanes) is 9. The second kappa shape index (κ2) is 12.0. The Morgan fingerprint density at radius 2 is 1.39 bits per heavy atom. The van der Waals surface area contributed by atoms with Crippen LogP contribution in [0.1, 0.15) is 96.8 Å². The number of hydrogen-bond acceptors (Lipinski definition) is 0. The molecule has 1 fully saturated rings. The van der Waals surface area contributed by atoms with Crippen molar-refractivity contribution in [1.29, 1.82) is 0 Å². The molecule has 18 heavy (non-hydrogen) atoms. The molecule has 0 N–H and O–H groups in total. The summed E-state index contributed by atoms with van der Waals surface area (Å²) >= 11 is 0. The van der Waals surface area contributed by atoms with Crippen LogP contribution in [-0.4, -0.2) is 12.6 Å². The molecule has 0 aromatic rings. The van der Waals surface area contributed by atoms with Gasteiger partial charge in [0, 0.05) is 12.6 Å². The van der Waals surface area contributed by atoms with Crippen LogP contribution in [0.5, 0.6) is 0 Å². The van der Waals surface area contributed by atoms with Gasteiger partial charge in [0.05, 0.1) is 0 Å². The van der Waals surface area contributed by atoms with E-state index < -0.39 is 0 Å². The van der Waals surface area contributed by atoms with Crippen molar-refractivity contribution in [3.63, 3.8) is 0 Å². The van der Waals surface area contributed by atoms with Crippen molar-refractivity contribution in [3.8, 4) is 0 Å². The third-order valence-electron chi connectivity index (χ3n) is 4.22. The molecule has 0 aromatic carbocycles. The molecule has 1 atom stereocenters. The van der Waals surface area contributed by atoms with E-state index in [0.29, 0.717) is 0 Å². The van der Waals surface area contributed by atoms with Crippen LogP contribution in [-0.2, 0) is 0 Å². The van der Waals surface area contributed by atoms with Gasteiger partial charge in [-0.25, -0.2) is 5.32 Å². The van der Waals surface area contributed by atoms with Crippen molar-refractivity contribution in [2.75, 3.05) is 6.54 Å². The van der Waals surface area contributed by atoms with Crippen LogP contribution in [0.15, 0.2) is 0 Å². The molecule has 1 radical (unpaired) electrons. The number of hydrogen-bond donors (Lipinski definition) is 0. The van der Waals surface area contributed by atoms with Crippen molar-refractivity contribution < 1.29 is 0 Å². The van der Waals surface area contributed by atoms with Gasteiger partial charge < -0.3 is 0 Å².